The van der Waals surface area contributed by atoms with Crippen LogP contribution >= 0.6 is 0 Å². The Labute approximate surface area is 182 Å². The van der Waals surface area contributed by atoms with Gasteiger partial charge >= 0.3 is 0 Å². The highest BCUT2D eigenvalue weighted by atomic mass is 16.7. The summed E-state index contributed by atoms with van der Waals surface area (Å²) < 4.78 is 27.4. The van der Waals surface area contributed by atoms with Gasteiger partial charge in [0.25, 0.3) is 5.91 Å². The molecule has 0 saturated carbocycles. The molecule has 0 aromatic heterocycles. The second kappa shape index (κ2) is 8.93. The Hall–Kier alpha value is -3.13. The van der Waals surface area contributed by atoms with Gasteiger partial charge in [-0.05, 0) is 37.6 Å². The van der Waals surface area contributed by atoms with E-state index in [-0.39, 0.29) is 25.6 Å². The van der Waals surface area contributed by atoms with Gasteiger partial charge in [0.05, 0.1) is 25.9 Å². The fourth-order valence-corrected chi connectivity index (χ4v) is 4.04. The number of carbonyl (C=O) groups is 1. The van der Waals surface area contributed by atoms with E-state index in [0.717, 1.165) is 24.9 Å². The SMILES string of the molecule is CCC(N(C)CCc1ccc(OC)c(OC)c1)N1COc2cc3c(cc2C1=O)OCO3. The first-order valence-electron chi connectivity index (χ1n) is 10.3. The Bertz CT molecular complexity index is 963. The van der Waals surface area contributed by atoms with E-state index < -0.39 is 0 Å². The molecule has 8 heteroatoms. The number of nitrogens with zero attached hydrogens (tertiary/aromatic N) is 2. The van der Waals surface area contributed by atoms with Crippen molar-refractivity contribution in [3.63, 3.8) is 0 Å². The maximum atomic E-state index is 13.2. The van der Waals surface area contributed by atoms with Crippen molar-refractivity contribution in [3.05, 3.63) is 41.5 Å². The van der Waals surface area contributed by atoms with E-state index in [1.807, 2.05) is 25.2 Å². The molecule has 0 spiro atoms. The number of methoxy groups -OCH3 is 2. The minimum absolute atomic E-state index is 0.0654. The van der Waals surface area contributed by atoms with Gasteiger partial charge in [-0.15, -0.1) is 0 Å². The third-order valence-electron chi connectivity index (χ3n) is 5.76. The minimum Gasteiger partial charge on any atom is -0.493 e. The van der Waals surface area contributed by atoms with Crippen molar-refractivity contribution in [1.82, 2.24) is 9.80 Å². The maximum absolute atomic E-state index is 13.2. The highest BCUT2D eigenvalue weighted by Crippen LogP contribution is 2.40. The second-order valence-corrected chi connectivity index (χ2v) is 7.56. The fraction of sp³-hybridized carbons (Fsp3) is 0.435. The molecule has 0 saturated heterocycles. The molecule has 0 radical (unpaired) electrons. The summed E-state index contributed by atoms with van der Waals surface area (Å²) in [6, 6.07) is 9.37. The lowest BCUT2D eigenvalue weighted by molar-refractivity contribution is 0.000567. The average molecular weight is 428 g/mol. The summed E-state index contributed by atoms with van der Waals surface area (Å²) >= 11 is 0. The van der Waals surface area contributed by atoms with Gasteiger partial charge in [-0.3, -0.25) is 14.6 Å². The quantitative estimate of drug-likeness (QED) is 0.640. The summed E-state index contributed by atoms with van der Waals surface area (Å²) in [5.74, 6) is 3.08. The summed E-state index contributed by atoms with van der Waals surface area (Å²) in [6.07, 6.45) is 1.49. The first kappa shape index (κ1) is 21.1. The van der Waals surface area contributed by atoms with Crippen molar-refractivity contribution in [2.24, 2.45) is 0 Å². The number of carbonyl (C=O) groups excluding carboxylic acids is 1. The van der Waals surface area contributed by atoms with E-state index >= 15 is 0 Å². The maximum Gasteiger partial charge on any atom is 0.261 e. The Morgan fingerprint density at radius 2 is 1.77 bits per heavy atom. The Morgan fingerprint density at radius 3 is 2.48 bits per heavy atom. The van der Waals surface area contributed by atoms with Gasteiger partial charge in [0.1, 0.15) is 5.75 Å². The van der Waals surface area contributed by atoms with Crippen LogP contribution in [0.4, 0.5) is 0 Å². The molecule has 0 N–H and O–H groups in total. The van der Waals surface area contributed by atoms with E-state index in [0.29, 0.717) is 34.3 Å². The smallest absolute Gasteiger partial charge is 0.261 e. The van der Waals surface area contributed by atoms with Gasteiger partial charge in [-0.1, -0.05) is 13.0 Å². The third-order valence-corrected chi connectivity index (χ3v) is 5.76. The molecule has 31 heavy (non-hydrogen) atoms. The van der Waals surface area contributed by atoms with Crippen LogP contribution in [0.3, 0.4) is 0 Å². The molecule has 2 aliphatic heterocycles. The lowest BCUT2D eigenvalue weighted by Gasteiger charge is -2.39. The molecule has 0 fully saturated rings. The van der Waals surface area contributed by atoms with E-state index in [2.05, 4.69) is 11.8 Å². The van der Waals surface area contributed by atoms with Gasteiger partial charge in [-0.2, -0.15) is 0 Å². The van der Waals surface area contributed by atoms with Crippen molar-refractivity contribution >= 4 is 5.91 Å². The van der Waals surface area contributed by atoms with E-state index in [4.69, 9.17) is 23.7 Å². The van der Waals surface area contributed by atoms with Gasteiger partial charge in [0.15, 0.2) is 29.7 Å². The number of hydrogen-bond acceptors (Lipinski definition) is 7. The number of hydrogen-bond donors (Lipinski definition) is 0. The first-order valence-corrected chi connectivity index (χ1v) is 10.3. The average Bonchev–Trinajstić information content (AvgIpc) is 3.25. The molecule has 2 aromatic carbocycles. The van der Waals surface area contributed by atoms with Crippen LogP contribution in [0.5, 0.6) is 28.7 Å². The summed E-state index contributed by atoms with van der Waals surface area (Å²) in [6.45, 7) is 3.20. The Balaban J connectivity index is 1.45. The molecule has 0 aliphatic carbocycles. The van der Waals surface area contributed by atoms with Crippen molar-refractivity contribution in [2.45, 2.75) is 25.9 Å². The van der Waals surface area contributed by atoms with Gasteiger partial charge in [-0.25, -0.2) is 0 Å². The molecular formula is C23H28N2O6. The van der Waals surface area contributed by atoms with Crippen LogP contribution in [-0.4, -0.2) is 63.2 Å². The van der Waals surface area contributed by atoms with Crippen LogP contribution in [0.15, 0.2) is 30.3 Å². The summed E-state index contributed by atoms with van der Waals surface area (Å²) in [7, 11) is 5.28. The van der Waals surface area contributed by atoms with E-state index in [1.54, 1.807) is 31.3 Å². The number of ether oxygens (including phenoxy) is 5. The van der Waals surface area contributed by atoms with Crippen LogP contribution in [-0.2, 0) is 6.42 Å². The Morgan fingerprint density at radius 1 is 1.03 bits per heavy atom. The molecule has 8 nitrogen and oxygen atoms in total. The summed E-state index contributed by atoms with van der Waals surface area (Å²) in [4.78, 5) is 17.2. The third kappa shape index (κ3) is 4.07. The predicted octanol–water partition coefficient (Wildman–Crippen LogP) is 3.14. The molecule has 1 atom stereocenters. The zero-order valence-corrected chi connectivity index (χ0v) is 18.3. The molecule has 0 bridgehead atoms. The van der Waals surface area contributed by atoms with Crippen molar-refractivity contribution < 1.29 is 28.5 Å². The second-order valence-electron chi connectivity index (χ2n) is 7.56. The predicted molar refractivity (Wildman–Crippen MR) is 114 cm³/mol. The molecule has 2 heterocycles. The number of likely N-dealkylation sites (N-methyl/N-ethyl adjacent to an activating group) is 1. The van der Waals surface area contributed by atoms with Gasteiger partial charge in [0, 0.05) is 18.7 Å². The molecule has 166 valence electrons. The highest BCUT2D eigenvalue weighted by Gasteiger charge is 2.34. The molecule has 1 unspecified atom stereocenters. The molecule has 2 aliphatic rings. The van der Waals surface area contributed by atoms with Crippen molar-refractivity contribution in [3.8, 4) is 28.7 Å². The largest absolute Gasteiger partial charge is 0.493 e. The van der Waals surface area contributed by atoms with Gasteiger partial charge < -0.3 is 23.7 Å². The first-order chi connectivity index (χ1) is 15.0. The number of rotatable bonds is 8. The van der Waals surface area contributed by atoms with Crippen LogP contribution in [0.2, 0.25) is 0 Å². The summed E-state index contributed by atoms with van der Waals surface area (Å²) in [5.41, 5.74) is 1.64. The van der Waals surface area contributed by atoms with Crippen LogP contribution in [0, 0.1) is 0 Å². The zero-order valence-electron chi connectivity index (χ0n) is 18.3. The van der Waals surface area contributed by atoms with Crippen molar-refractivity contribution in [2.75, 3.05) is 41.3 Å². The van der Waals surface area contributed by atoms with Crippen molar-refractivity contribution in [1.29, 1.82) is 0 Å². The van der Waals surface area contributed by atoms with E-state index in [1.165, 1.54) is 0 Å². The molecule has 4 rings (SSSR count). The van der Waals surface area contributed by atoms with Crippen LogP contribution in [0.25, 0.3) is 0 Å². The fourth-order valence-electron chi connectivity index (χ4n) is 4.04. The van der Waals surface area contributed by atoms with Gasteiger partial charge in [0.2, 0.25) is 6.79 Å². The summed E-state index contributed by atoms with van der Waals surface area (Å²) in [5, 5.41) is 0. The molecular weight excluding hydrogens is 400 g/mol. The lowest BCUT2D eigenvalue weighted by atomic mass is 10.1. The lowest BCUT2D eigenvalue weighted by Crippen LogP contribution is -2.52. The number of benzene rings is 2. The highest BCUT2D eigenvalue weighted by molar-refractivity contribution is 5.98. The van der Waals surface area contributed by atoms with Crippen LogP contribution in [0.1, 0.15) is 29.3 Å². The Kier molecular flexibility index (Phi) is 6.08. The zero-order chi connectivity index (χ0) is 22.0. The topological polar surface area (TPSA) is 69.7 Å². The number of fused-ring (bicyclic) bond motifs is 2. The number of amides is 1. The standard InChI is InChI=1S/C23H28N2O6/c1-5-22(24(2)9-8-15-6-7-17(27-3)19(10-15)28-4)25-13-29-18-12-21-20(30-14-31-21)11-16(18)23(25)26/h6-7,10-12,22H,5,8-9,13-14H2,1-4H3. The normalized spacial score (nSPS) is 15.5. The minimum atomic E-state index is -0.0915. The molecule has 2 aromatic rings. The molecule has 1 amide bonds. The van der Waals surface area contributed by atoms with E-state index in [9.17, 15) is 4.79 Å². The van der Waals surface area contributed by atoms with Crippen LogP contribution < -0.4 is 23.7 Å². The monoisotopic (exact) mass is 428 g/mol.